The number of hydrogen-bond acceptors (Lipinski definition) is 0. The van der Waals surface area contributed by atoms with E-state index in [2.05, 4.69) is 0 Å². The molecule has 1 unspecified atom stereocenters. The molecule has 0 aromatic heterocycles. The minimum absolute atomic E-state index is 0. The van der Waals surface area contributed by atoms with Gasteiger partial charge in [-0.25, -0.2) is 0 Å². The molecule has 56 valence electrons. The van der Waals surface area contributed by atoms with E-state index in [1.165, 1.54) is 0 Å². The van der Waals surface area contributed by atoms with Crippen LogP contribution in [0.3, 0.4) is 0 Å². The van der Waals surface area contributed by atoms with Gasteiger partial charge < -0.3 is 14.1 Å². The van der Waals surface area contributed by atoms with E-state index in [1.54, 1.807) is 0 Å². The molecule has 0 nitrogen and oxygen atoms in total. The molecule has 0 bridgehead atoms. The summed E-state index contributed by atoms with van der Waals surface area (Å²) in [6.45, 7) is 0. The van der Waals surface area contributed by atoms with E-state index in [1.807, 2.05) is 0 Å². The normalized spacial score (nSPS) is 0. The van der Waals surface area contributed by atoms with Crippen LogP contribution in [-0.2, 0) is 0 Å². The van der Waals surface area contributed by atoms with E-state index >= 15 is 0 Å². The smallest absolute Gasteiger partial charge is 1.00 e. The molecular weight excluding hydrogens is 260 g/mol. The van der Waals surface area contributed by atoms with E-state index in [9.17, 15) is 0 Å². The Labute approximate surface area is 64.4 Å². The maximum absolute atomic E-state index is 0. The van der Waals surface area contributed by atoms with Crippen LogP contribution >= 0.6 is 9.90 Å². The summed E-state index contributed by atoms with van der Waals surface area (Å²) in [7, 11) is 0. The largest absolute Gasteiger partial charge is 3.00 e. The van der Waals surface area contributed by atoms with Crippen molar-refractivity contribution in [3.63, 3.8) is 0 Å². The van der Waals surface area contributed by atoms with Crippen LogP contribution in [-0.4, -0.2) is 25.8 Å². The summed E-state index contributed by atoms with van der Waals surface area (Å²) in [6, 6.07) is 0. The third-order valence-electron chi connectivity index (χ3n) is 0. The van der Waals surface area contributed by atoms with Gasteiger partial charge in [-0.2, -0.15) is 9.90 Å². The summed E-state index contributed by atoms with van der Waals surface area (Å²) in [5.74, 6) is 0. The SMILES string of the molecule is F.F.F.P.[F-].[F-].[F-].[In+3]. The summed E-state index contributed by atoms with van der Waals surface area (Å²) in [6.07, 6.45) is 0. The molecule has 1 atom stereocenters. The van der Waals surface area contributed by atoms with E-state index in [0.29, 0.717) is 0 Å². The molecule has 0 amide bonds. The maximum Gasteiger partial charge on any atom is 3.00 e. The van der Waals surface area contributed by atoms with Gasteiger partial charge in [0.05, 0.1) is 0 Å². The van der Waals surface area contributed by atoms with Gasteiger partial charge in [0.15, 0.2) is 0 Å². The second-order valence-corrected chi connectivity index (χ2v) is 0. The average molecular weight is 266 g/mol. The fourth-order valence-corrected chi connectivity index (χ4v) is 0. The number of hydrogen-bond donors (Lipinski definition) is 0. The maximum atomic E-state index is 0. The first-order valence-electron chi connectivity index (χ1n) is 0. The molecule has 0 aromatic carbocycles. The van der Waals surface area contributed by atoms with Gasteiger partial charge in [0, 0.05) is 0 Å². The summed E-state index contributed by atoms with van der Waals surface area (Å²) < 4.78 is 0. The van der Waals surface area contributed by atoms with Crippen LogP contribution in [0.25, 0.3) is 0 Å². The first-order valence-corrected chi connectivity index (χ1v) is 0. The van der Waals surface area contributed by atoms with Crippen molar-refractivity contribution in [1.29, 1.82) is 0 Å². The van der Waals surface area contributed by atoms with Crippen molar-refractivity contribution in [3.8, 4) is 0 Å². The zero-order valence-electron chi connectivity index (χ0n) is 3.64. The monoisotopic (exact) mass is 266 g/mol. The van der Waals surface area contributed by atoms with Crippen molar-refractivity contribution in [2.75, 3.05) is 0 Å². The second-order valence-electron chi connectivity index (χ2n) is 0. The molecule has 8 heavy (non-hydrogen) atoms. The molecule has 0 aliphatic carbocycles. The van der Waals surface area contributed by atoms with Gasteiger partial charge in [0.2, 0.25) is 0 Å². The fraction of sp³-hybridized carbons (Fsp3) is 0. The van der Waals surface area contributed by atoms with E-state index in [-0.39, 0.29) is 64.0 Å². The van der Waals surface area contributed by atoms with Crippen LogP contribution in [0.5, 0.6) is 0 Å². The standard InChI is InChI=1S/6FH.In.H3P/h6*1H;;1H3/q;;;;;;+3;/p-3. The van der Waals surface area contributed by atoms with Gasteiger partial charge in [0.25, 0.3) is 0 Å². The van der Waals surface area contributed by atoms with Crippen molar-refractivity contribution in [1.82, 2.24) is 0 Å². The predicted octanol–water partition coefficient (Wildman–Crippen LogP) is -8.85. The van der Waals surface area contributed by atoms with Crippen LogP contribution in [0.1, 0.15) is 0 Å². The minimum Gasteiger partial charge on any atom is -1.00 e. The van der Waals surface area contributed by atoms with Crippen LogP contribution in [0, 0.1) is 0 Å². The third kappa shape index (κ3) is 307. The summed E-state index contributed by atoms with van der Waals surface area (Å²) in [5, 5.41) is 0. The van der Waals surface area contributed by atoms with E-state index in [4.69, 9.17) is 0 Å². The zero-order valence-corrected chi connectivity index (χ0v) is 8.35. The predicted molar refractivity (Wildman–Crippen MR) is 24.4 cm³/mol. The van der Waals surface area contributed by atoms with Crippen molar-refractivity contribution < 1.29 is 28.2 Å². The van der Waals surface area contributed by atoms with Gasteiger partial charge >= 0.3 is 25.8 Å². The molecule has 0 aliphatic heterocycles. The van der Waals surface area contributed by atoms with Crippen molar-refractivity contribution in [2.45, 2.75) is 0 Å². The first kappa shape index (κ1) is 712. The summed E-state index contributed by atoms with van der Waals surface area (Å²) in [5.41, 5.74) is 0. The number of rotatable bonds is 0. The molecule has 0 saturated heterocycles. The van der Waals surface area contributed by atoms with E-state index < -0.39 is 0 Å². The van der Waals surface area contributed by atoms with Gasteiger partial charge in [0.1, 0.15) is 0 Å². The Morgan fingerprint density at radius 2 is 0.500 bits per heavy atom. The Balaban J connectivity index is 0. The second kappa shape index (κ2) is 482. The molecule has 0 saturated carbocycles. The molecule has 0 N–H and O–H groups in total. The molecule has 8 heteroatoms. The topological polar surface area (TPSA) is 0 Å². The first-order chi connectivity index (χ1) is 0. The minimum atomic E-state index is 0. The van der Waals surface area contributed by atoms with Crippen LogP contribution < -0.4 is 14.1 Å². The Morgan fingerprint density at radius 1 is 0.500 bits per heavy atom. The Bertz CT molecular complexity index is 8.49. The fourth-order valence-electron chi connectivity index (χ4n) is 0. The molecule has 0 fully saturated rings. The summed E-state index contributed by atoms with van der Waals surface area (Å²) in [4.78, 5) is 0. The van der Waals surface area contributed by atoms with Crippen molar-refractivity contribution >= 4 is 35.7 Å². The van der Waals surface area contributed by atoms with Gasteiger partial charge in [-0.1, -0.05) is 0 Å². The Hall–Kier alpha value is 0.880. The van der Waals surface area contributed by atoms with Crippen LogP contribution in [0.15, 0.2) is 0 Å². The molecule has 0 heterocycles. The van der Waals surface area contributed by atoms with Gasteiger partial charge in [-0.05, 0) is 0 Å². The van der Waals surface area contributed by atoms with Gasteiger partial charge in [-0.3, -0.25) is 14.1 Å². The van der Waals surface area contributed by atoms with Crippen molar-refractivity contribution in [3.05, 3.63) is 0 Å². The molecule has 0 radical (unpaired) electrons. The zero-order chi connectivity index (χ0) is 0. The van der Waals surface area contributed by atoms with Crippen molar-refractivity contribution in [2.24, 2.45) is 0 Å². The molecular formula is H6F6InP. The van der Waals surface area contributed by atoms with Gasteiger partial charge in [-0.15, -0.1) is 0 Å². The molecule has 0 rings (SSSR count). The average Bonchev–Trinajstić information content (AvgIpc) is 0. The Kier molecular flexibility index (Phi) is 42800. The quantitative estimate of drug-likeness (QED) is 0.302. The third-order valence-corrected chi connectivity index (χ3v) is 0. The van der Waals surface area contributed by atoms with Crippen LogP contribution in [0.2, 0.25) is 0 Å². The molecule has 0 spiro atoms. The Morgan fingerprint density at radius 3 is 0.500 bits per heavy atom. The number of halogens is 6. The van der Waals surface area contributed by atoms with Crippen LogP contribution in [0.4, 0.5) is 14.1 Å². The summed E-state index contributed by atoms with van der Waals surface area (Å²) >= 11 is 0. The molecule has 0 aliphatic rings. The molecule has 0 aromatic rings. The van der Waals surface area contributed by atoms with E-state index in [0.717, 1.165) is 0 Å².